The van der Waals surface area contributed by atoms with E-state index in [1.165, 1.54) is 0 Å². The van der Waals surface area contributed by atoms with Gasteiger partial charge >= 0.3 is 5.97 Å². The number of benzene rings is 1. The highest BCUT2D eigenvalue weighted by atomic mass is 35.5. The van der Waals surface area contributed by atoms with Gasteiger partial charge in [0.05, 0.1) is 30.3 Å². The number of anilines is 1. The number of piperazine rings is 1. The van der Waals surface area contributed by atoms with E-state index in [1.54, 1.807) is 25.4 Å². The maximum Gasteiger partial charge on any atom is 0.329 e. The van der Waals surface area contributed by atoms with Crippen LogP contribution in [0.2, 0.25) is 10.0 Å². The van der Waals surface area contributed by atoms with Gasteiger partial charge in [0.15, 0.2) is 5.75 Å². The van der Waals surface area contributed by atoms with Crippen LogP contribution in [-0.2, 0) is 16.1 Å². The molecule has 0 bridgehead atoms. The molecule has 0 amide bonds. The molecule has 3 aromatic rings. The van der Waals surface area contributed by atoms with Gasteiger partial charge in [0.1, 0.15) is 6.61 Å². The largest absolute Gasteiger partial charge is 0.480 e. The van der Waals surface area contributed by atoms with Crippen molar-refractivity contribution < 1.29 is 24.5 Å². The number of aliphatic hydroxyl groups excluding tert-OH is 1. The molecule has 230 valence electrons. The van der Waals surface area contributed by atoms with E-state index in [-0.39, 0.29) is 18.8 Å². The van der Waals surface area contributed by atoms with Crippen molar-refractivity contribution >= 4 is 35.1 Å². The maximum absolute atomic E-state index is 10.8. The van der Waals surface area contributed by atoms with E-state index in [0.717, 1.165) is 63.2 Å². The number of β-amino-alcohol motifs (C(OH)–C–C–N with tert-alkyl or cyclic N) is 1. The van der Waals surface area contributed by atoms with E-state index in [1.807, 2.05) is 24.3 Å². The van der Waals surface area contributed by atoms with Gasteiger partial charge in [-0.05, 0) is 49.6 Å². The average Bonchev–Trinajstić information content (AvgIpc) is 2.97. The average molecular weight is 632 g/mol. The van der Waals surface area contributed by atoms with E-state index < -0.39 is 5.97 Å². The zero-order valence-corrected chi connectivity index (χ0v) is 25.5. The summed E-state index contributed by atoms with van der Waals surface area (Å²) in [6.07, 6.45) is 4.42. The van der Waals surface area contributed by atoms with Crippen molar-refractivity contribution in [3.05, 3.63) is 58.3 Å². The Labute approximate surface area is 261 Å². The second-order valence-corrected chi connectivity index (χ2v) is 11.9. The minimum absolute atomic E-state index is 0.0519. The number of pyridine rings is 1. The van der Waals surface area contributed by atoms with Crippen molar-refractivity contribution in [1.29, 1.82) is 0 Å². The number of nitrogens with zero attached hydrogens (tertiary/aromatic N) is 6. The molecule has 0 aliphatic carbocycles. The minimum Gasteiger partial charge on any atom is -0.480 e. The molecule has 2 aliphatic rings. The first-order valence-electron chi connectivity index (χ1n) is 14.4. The molecule has 4 heterocycles. The van der Waals surface area contributed by atoms with Crippen LogP contribution in [0.25, 0.3) is 11.3 Å². The minimum atomic E-state index is -0.952. The number of likely N-dealkylation sites (tertiary alicyclic amines) is 1. The molecule has 0 radical (unpaired) electrons. The number of rotatable bonds is 11. The lowest BCUT2D eigenvalue weighted by atomic mass is 10.1. The molecule has 1 atom stereocenters. The van der Waals surface area contributed by atoms with Gasteiger partial charge in [-0.2, -0.15) is 0 Å². The number of halogens is 2. The topological polar surface area (TPSA) is 124 Å². The number of carboxylic acids is 1. The summed E-state index contributed by atoms with van der Waals surface area (Å²) in [5.74, 6) is 0.543. The van der Waals surface area contributed by atoms with Crippen molar-refractivity contribution in [3.63, 3.8) is 0 Å². The van der Waals surface area contributed by atoms with E-state index >= 15 is 0 Å². The highest BCUT2D eigenvalue weighted by Crippen LogP contribution is 2.31. The lowest BCUT2D eigenvalue weighted by molar-refractivity contribution is -0.145. The lowest BCUT2D eigenvalue weighted by Gasteiger charge is -2.35. The highest BCUT2D eigenvalue weighted by molar-refractivity contribution is 6.35. The summed E-state index contributed by atoms with van der Waals surface area (Å²) >= 11 is 12.6. The first-order valence-corrected chi connectivity index (χ1v) is 15.1. The van der Waals surface area contributed by atoms with Crippen LogP contribution in [0.5, 0.6) is 11.6 Å². The Morgan fingerprint density at radius 3 is 2.28 bits per heavy atom. The summed E-state index contributed by atoms with van der Waals surface area (Å²) in [4.78, 5) is 31.3. The Bertz CT molecular complexity index is 1360. The monoisotopic (exact) mass is 630 g/mol. The molecule has 2 aromatic heterocycles. The van der Waals surface area contributed by atoms with Crippen molar-refractivity contribution in [1.82, 2.24) is 24.8 Å². The number of hydrogen-bond acceptors (Lipinski definition) is 10. The van der Waals surface area contributed by atoms with Gasteiger partial charge in [0.2, 0.25) is 11.8 Å². The number of ether oxygens (including phenoxy) is 2. The molecule has 2 N–H and O–H groups in total. The Kier molecular flexibility index (Phi) is 10.7. The number of hydrogen-bond donors (Lipinski definition) is 2. The molecule has 2 fully saturated rings. The number of aliphatic carboxylic acids is 1. The number of carbonyl (C=O) groups is 1. The Hall–Kier alpha value is -3.06. The predicted octanol–water partition coefficient (Wildman–Crippen LogP) is 4.21. The van der Waals surface area contributed by atoms with Crippen LogP contribution in [0, 0.1) is 0 Å². The van der Waals surface area contributed by atoms with Crippen LogP contribution in [-0.4, -0.2) is 106 Å². The third kappa shape index (κ3) is 9.21. The van der Waals surface area contributed by atoms with Gasteiger partial charge in [-0.25, -0.2) is 19.7 Å². The normalized spacial score (nSPS) is 17.6. The number of aliphatic hydroxyl groups is 1. The van der Waals surface area contributed by atoms with Crippen LogP contribution in [0.15, 0.2) is 42.7 Å². The quantitative estimate of drug-likeness (QED) is 0.316. The van der Waals surface area contributed by atoms with Crippen LogP contribution < -0.4 is 9.64 Å². The molecular formula is C30H36Cl2N6O5. The Morgan fingerprint density at radius 2 is 1.65 bits per heavy atom. The zero-order valence-electron chi connectivity index (χ0n) is 24.0. The van der Waals surface area contributed by atoms with Crippen molar-refractivity contribution in [2.45, 2.75) is 38.5 Å². The van der Waals surface area contributed by atoms with Gasteiger partial charge < -0.3 is 24.6 Å². The first kappa shape index (κ1) is 31.4. The fourth-order valence-corrected chi connectivity index (χ4v) is 5.91. The van der Waals surface area contributed by atoms with Crippen LogP contribution in [0.4, 0.5) is 5.95 Å². The number of aromatic nitrogens is 3. The molecule has 2 saturated heterocycles. The smallest absolute Gasteiger partial charge is 0.329 e. The molecule has 2 aliphatic heterocycles. The molecule has 5 rings (SSSR count). The highest BCUT2D eigenvalue weighted by Gasteiger charge is 2.22. The maximum atomic E-state index is 10.8. The van der Waals surface area contributed by atoms with E-state index in [0.29, 0.717) is 46.4 Å². The number of piperidine rings is 1. The van der Waals surface area contributed by atoms with Crippen LogP contribution >= 0.6 is 23.2 Å². The fraction of sp³-hybridized carbons (Fsp3) is 0.467. The van der Waals surface area contributed by atoms with E-state index in [9.17, 15) is 9.90 Å². The SMILES string of the molecule is CC(O)CN1CCN(c2ncc(Oc3cc(CN4CCC(OCC(=O)O)CC4)cc(-c4cc(Cl)cc(Cl)c4)n3)cn2)CC1. The van der Waals surface area contributed by atoms with Gasteiger partial charge in [0, 0.05) is 74.0 Å². The van der Waals surface area contributed by atoms with Gasteiger partial charge in [-0.3, -0.25) is 9.80 Å². The number of carboxylic acid groups (broad SMARTS) is 1. The zero-order chi connectivity index (χ0) is 30.3. The first-order chi connectivity index (χ1) is 20.7. The lowest BCUT2D eigenvalue weighted by Crippen LogP contribution is -2.48. The summed E-state index contributed by atoms with van der Waals surface area (Å²) in [5, 5.41) is 19.6. The van der Waals surface area contributed by atoms with Gasteiger partial charge in [0.25, 0.3) is 0 Å². The van der Waals surface area contributed by atoms with E-state index in [2.05, 4.69) is 24.7 Å². The van der Waals surface area contributed by atoms with Gasteiger partial charge in [-0.15, -0.1) is 0 Å². The summed E-state index contributed by atoms with van der Waals surface area (Å²) in [7, 11) is 0. The molecule has 43 heavy (non-hydrogen) atoms. The van der Waals surface area contributed by atoms with Crippen LogP contribution in [0.3, 0.4) is 0 Å². The van der Waals surface area contributed by atoms with Crippen molar-refractivity contribution in [3.8, 4) is 22.9 Å². The summed E-state index contributed by atoms with van der Waals surface area (Å²) in [5.41, 5.74) is 2.43. The van der Waals surface area contributed by atoms with Crippen molar-refractivity contribution in [2.75, 3.05) is 57.3 Å². The molecule has 1 unspecified atom stereocenters. The third-order valence-corrected chi connectivity index (χ3v) is 7.85. The van der Waals surface area contributed by atoms with E-state index in [4.69, 9.17) is 42.8 Å². The second kappa shape index (κ2) is 14.6. The summed E-state index contributed by atoms with van der Waals surface area (Å²) in [6.45, 7) is 7.66. The second-order valence-electron chi connectivity index (χ2n) is 11.0. The fourth-order valence-electron chi connectivity index (χ4n) is 5.38. The summed E-state index contributed by atoms with van der Waals surface area (Å²) in [6, 6.07) is 9.20. The van der Waals surface area contributed by atoms with Crippen LogP contribution in [0.1, 0.15) is 25.3 Å². The Morgan fingerprint density at radius 1 is 0.977 bits per heavy atom. The molecular weight excluding hydrogens is 595 g/mol. The molecule has 0 spiro atoms. The third-order valence-electron chi connectivity index (χ3n) is 7.42. The molecule has 0 saturated carbocycles. The molecule has 1 aromatic carbocycles. The van der Waals surface area contributed by atoms with Crippen molar-refractivity contribution in [2.24, 2.45) is 0 Å². The Balaban J connectivity index is 1.29. The van der Waals surface area contributed by atoms with Gasteiger partial charge in [-0.1, -0.05) is 23.2 Å². The summed E-state index contributed by atoms with van der Waals surface area (Å²) < 4.78 is 11.6. The molecule has 11 nitrogen and oxygen atoms in total. The predicted molar refractivity (Wildman–Crippen MR) is 164 cm³/mol. The standard InChI is InChI=1S/C30H36Cl2N6O5/c1-20(39)17-37-6-8-38(9-7-37)30-33-15-26(16-34-30)43-28-11-21(10-27(35-28)22-12-23(31)14-24(32)13-22)18-36-4-2-25(3-5-36)42-19-29(40)41/h10-16,20,25,39H,2-9,17-19H2,1H3,(H,40,41). The molecule has 13 heteroatoms.